The topological polar surface area (TPSA) is 42.0 Å². The Hall–Kier alpha value is -1.95. The molecular weight excluding hydrogens is 348 g/mol. The fourth-order valence-electron chi connectivity index (χ4n) is 2.11. The molecule has 0 saturated carbocycles. The van der Waals surface area contributed by atoms with Gasteiger partial charge in [0.15, 0.2) is 0 Å². The van der Waals surface area contributed by atoms with Crippen molar-refractivity contribution in [1.82, 2.24) is 10.3 Å². The fraction of sp³-hybridized carbons (Fsp3) is 0.0588. The van der Waals surface area contributed by atoms with E-state index in [1.807, 2.05) is 46.5 Å². The number of nitrogens with zero attached hydrogens (tertiary/aromatic N) is 1. The average Bonchev–Trinajstić information content (AvgIpc) is 3.25. The molecule has 0 aliphatic carbocycles. The molecule has 1 atom stereocenters. The largest absolute Gasteiger partial charge is 0.342 e. The predicted octanol–water partition coefficient (Wildman–Crippen LogP) is 4.78. The average molecular weight is 361 g/mol. The molecule has 3 aromatic rings. The Morgan fingerprint density at radius 2 is 1.96 bits per heavy atom. The van der Waals surface area contributed by atoms with Crippen LogP contribution in [-0.2, 0) is 4.79 Å². The van der Waals surface area contributed by atoms with Gasteiger partial charge in [-0.25, -0.2) is 4.98 Å². The second-order valence-corrected chi connectivity index (χ2v) is 6.73. The van der Waals surface area contributed by atoms with Crippen molar-refractivity contribution in [2.24, 2.45) is 0 Å². The highest BCUT2D eigenvalue weighted by molar-refractivity contribution is 7.08. The zero-order valence-corrected chi connectivity index (χ0v) is 14.4. The number of hydrogen-bond acceptors (Lipinski definition) is 4. The van der Waals surface area contributed by atoms with Crippen LogP contribution in [0.5, 0.6) is 0 Å². The Morgan fingerprint density at radius 3 is 2.61 bits per heavy atom. The van der Waals surface area contributed by atoms with Crippen molar-refractivity contribution in [2.45, 2.75) is 6.04 Å². The number of benzene rings is 1. The van der Waals surface area contributed by atoms with Gasteiger partial charge in [0, 0.05) is 16.5 Å². The van der Waals surface area contributed by atoms with E-state index in [-0.39, 0.29) is 11.9 Å². The van der Waals surface area contributed by atoms with Crippen LogP contribution in [0, 0.1) is 0 Å². The third-order valence-electron chi connectivity index (χ3n) is 3.22. The molecule has 3 rings (SSSR count). The minimum Gasteiger partial charge on any atom is -0.342 e. The molecule has 1 N–H and O–H groups in total. The highest BCUT2D eigenvalue weighted by Crippen LogP contribution is 2.25. The SMILES string of the molecule is O=C(/C=C/c1cscn1)N[C@@H](c1ccc(Cl)cc1)c1ccsc1. The van der Waals surface area contributed by atoms with Crippen molar-refractivity contribution in [3.63, 3.8) is 0 Å². The highest BCUT2D eigenvalue weighted by atomic mass is 35.5. The molecule has 1 aromatic carbocycles. The lowest BCUT2D eigenvalue weighted by Gasteiger charge is -2.17. The van der Waals surface area contributed by atoms with Gasteiger partial charge in [-0.15, -0.1) is 11.3 Å². The van der Waals surface area contributed by atoms with E-state index >= 15 is 0 Å². The minimum atomic E-state index is -0.203. The Kier molecular flexibility index (Phi) is 5.23. The van der Waals surface area contributed by atoms with Crippen LogP contribution in [0.4, 0.5) is 0 Å². The molecule has 23 heavy (non-hydrogen) atoms. The minimum absolute atomic E-state index is 0.163. The van der Waals surface area contributed by atoms with E-state index in [4.69, 9.17) is 11.6 Å². The number of thiophene rings is 1. The Bertz CT molecular complexity index is 781. The summed E-state index contributed by atoms with van der Waals surface area (Å²) >= 11 is 9.05. The number of aromatic nitrogens is 1. The maximum atomic E-state index is 12.2. The van der Waals surface area contributed by atoms with E-state index < -0.39 is 0 Å². The van der Waals surface area contributed by atoms with Crippen molar-refractivity contribution >= 4 is 46.3 Å². The van der Waals surface area contributed by atoms with Gasteiger partial charge < -0.3 is 5.32 Å². The first-order valence-electron chi connectivity index (χ1n) is 6.87. The molecule has 116 valence electrons. The normalized spacial score (nSPS) is 12.4. The van der Waals surface area contributed by atoms with Gasteiger partial charge in [0.1, 0.15) is 0 Å². The molecule has 3 nitrogen and oxygen atoms in total. The van der Waals surface area contributed by atoms with Crippen LogP contribution in [0.1, 0.15) is 22.9 Å². The highest BCUT2D eigenvalue weighted by Gasteiger charge is 2.16. The lowest BCUT2D eigenvalue weighted by molar-refractivity contribution is -0.116. The fourth-order valence-corrected chi connectivity index (χ4v) is 3.44. The first kappa shape index (κ1) is 15.9. The third-order valence-corrected chi connectivity index (χ3v) is 4.78. The van der Waals surface area contributed by atoms with Crippen molar-refractivity contribution in [3.8, 4) is 0 Å². The second-order valence-electron chi connectivity index (χ2n) is 4.80. The molecule has 0 bridgehead atoms. The van der Waals surface area contributed by atoms with Crippen molar-refractivity contribution in [1.29, 1.82) is 0 Å². The molecule has 2 heterocycles. The summed E-state index contributed by atoms with van der Waals surface area (Å²) in [6.07, 6.45) is 3.21. The second kappa shape index (κ2) is 7.55. The maximum absolute atomic E-state index is 12.2. The van der Waals surface area contributed by atoms with Crippen molar-refractivity contribution in [2.75, 3.05) is 0 Å². The van der Waals surface area contributed by atoms with Crippen LogP contribution < -0.4 is 5.32 Å². The van der Waals surface area contributed by atoms with E-state index in [1.165, 1.54) is 17.4 Å². The number of amides is 1. The Labute approximate surface area is 147 Å². The van der Waals surface area contributed by atoms with Gasteiger partial charge >= 0.3 is 0 Å². The molecule has 0 saturated heterocycles. The van der Waals surface area contributed by atoms with E-state index in [0.717, 1.165) is 16.8 Å². The van der Waals surface area contributed by atoms with Crippen LogP contribution in [-0.4, -0.2) is 10.9 Å². The van der Waals surface area contributed by atoms with Gasteiger partial charge in [-0.2, -0.15) is 11.3 Å². The smallest absolute Gasteiger partial charge is 0.244 e. The van der Waals surface area contributed by atoms with Gasteiger partial charge in [-0.3, -0.25) is 4.79 Å². The lowest BCUT2D eigenvalue weighted by atomic mass is 10.0. The zero-order valence-electron chi connectivity index (χ0n) is 12.0. The molecule has 6 heteroatoms. The first-order valence-corrected chi connectivity index (χ1v) is 9.13. The van der Waals surface area contributed by atoms with E-state index in [2.05, 4.69) is 10.3 Å². The lowest BCUT2D eigenvalue weighted by Crippen LogP contribution is -2.27. The number of carbonyl (C=O) groups is 1. The molecule has 0 spiro atoms. The van der Waals surface area contributed by atoms with Crippen molar-refractivity contribution < 1.29 is 4.79 Å². The molecule has 1 amide bonds. The zero-order chi connectivity index (χ0) is 16.1. The summed E-state index contributed by atoms with van der Waals surface area (Å²) in [5, 5.41) is 9.62. The summed E-state index contributed by atoms with van der Waals surface area (Å²) in [4.78, 5) is 16.4. The predicted molar refractivity (Wildman–Crippen MR) is 96.9 cm³/mol. The number of nitrogens with one attached hydrogen (secondary N) is 1. The number of halogens is 1. The Morgan fingerprint density at radius 1 is 1.13 bits per heavy atom. The third kappa shape index (κ3) is 4.28. The summed E-state index contributed by atoms with van der Waals surface area (Å²) in [6.45, 7) is 0. The molecular formula is C17H13ClN2OS2. The van der Waals surface area contributed by atoms with Crippen LogP contribution >= 0.6 is 34.3 Å². The molecule has 0 fully saturated rings. The van der Waals surface area contributed by atoms with E-state index in [1.54, 1.807) is 22.9 Å². The first-order chi connectivity index (χ1) is 11.2. The van der Waals surface area contributed by atoms with E-state index in [0.29, 0.717) is 5.02 Å². The molecule has 0 aliphatic rings. The van der Waals surface area contributed by atoms with Crippen LogP contribution in [0.25, 0.3) is 6.08 Å². The van der Waals surface area contributed by atoms with Gasteiger partial charge in [0.25, 0.3) is 0 Å². The van der Waals surface area contributed by atoms with Gasteiger partial charge in [-0.05, 0) is 46.2 Å². The standard InChI is InChI=1S/C17H13ClN2OS2/c18-14-3-1-12(2-4-14)17(13-7-8-22-9-13)20-16(21)6-5-15-10-23-11-19-15/h1-11,17H,(H,20,21)/b6-5+/t17-/m0/s1. The number of rotatable bonds is 5. The van der Waals surface area contributed by atoms with Crippen LogP contribution in [0.3, 0.4) is 0 Å². The summed E-state index contributed by atoms with van der Waals surface area (Å²) < 4.78 is 0. The van der Waals surface area contributed by atoms with Gasteiger partial charge in [0.05, 0.1) is 17.2 Å². The molecule has 2 aromatic heterocycles. The monoisotopic (exact) mass is 360 g/mol. The quantitative estimate of drug-likeness (QED) is 0.665. The van der Waals surface area contributed by atoms with Gasteiger partial charge in [0.2, 0.25) is 5.91 Å². The number of carbonyl (C=O) groups excluding carboxylic acids is 1. The Balaban J connectivity index is 1.79. The summed E-state index contributed by atoms with van der Waals surface area (Å²) in [5.74, 6) is -0.163. The number of thiazole rings is 1. The summed E-state index contributed by atoms with van der Waals surface area (Å²) in [6, 6.07) is 9.31. The maximum Gasteiger partial charge on any atom is 0.244 e. The van der Waals surface area contributed by atoms with E-state index in [9.17, 15) is 4.79 Å². The van der Waals surface area contributed by atoms with Gasteiger partial charge in [-0.1, -0.05) is 23.7 Å². The van der Waals surface area contributed by atoms with Crippen LogP contribution in [0.2, 0.25) is 5.02 Å². The number of hydrogen-bond donors (Lipinski definition) is 1. The van der Waals surface area contributed by atoms with Crippen molar-refractivity contribution in [3.05, 3.63) is 79.9 Å². The summed E-state index contributed by atoms with van der Waals surface area (Å²) in [5.41, 5.74) is 4.55. The van der Waals surface area contributed by atoms with Crippen LogP contribution in [0.15, 0.2) is 58.1 Å². The summed E-state index contributed by atoms with van der Waals surface area (Å²) in [7, 11) is 0. The molecule has 0 unspecified atom stereocenters. The molecule has 0 radical (unpaired) electrons. The molecule has 0 aliphatic heterocycles.